The average molecular weight is 298 g/mol. The summed E-state index contributed by atoms with van der Waals surface area (Å²) in [6, 6.07) is 4.32. The summed E-state index contributed by atoms with van der Waals surface area (Å²) in [6.07, 6.45) is 1.08. The van der Waals surface area contributed by atoms with E-state index in [-0.39, 0.29) is 5.41 Å². The molecule has 0 saturated carbocycles. The van der Waals surface area contributed by atoms with Crippen molar-refractivity contribution in [3.8, 4) is 0 Å². The highest BCUT2D eigenvalue weighted by atomic mass is 35.5. The van der Waals surface area contributed by atoms with Crippen molar-refractivity contribution in [3.05, 3.63) is 22.8 Å². The Labute approximate surface area is 128 Å². The van der Waals surface area contributed by atoms with Gasteiger partial charge in [0.05, 0.1) is 10.7 Å². The fraction of sp³-hybridized carbons (Fsp3) is 0.688. The van der Waals surface area contributed by atoms with Crippen molar-refractivity contribution >= 4 is 17.4 Å². The molecule has 0 fully saturated rings. The summed E-state index contributed by atoms with van der Waals surface area (Å²) in [5.74, 6) is 0.906. The van der Waals surface area contributed by atoms with Crippen molar-refractivity contribution in [2.24, 2.45) is 5.41 Å². The van der Waals surface area contributed by atoms with Gasteiger partial charge < -0.3 is 5.32 Å². The number of pyridine rings is 1. The van der Waals surface area contributed by atoms with Gasteiger partial charge in [0.15, 0.2) is 0 Å². The van der Waals surface area contributed by atoms with Crippen LogP contribution in [0.1, 0.15) is 46.7 Å². The van der Waals surface area contributed by atoms with Crippen LogP contribution in [0.25, 0.3) is 0 Å². The number of hydrogen-bond donors (Lipinski definition) is 1. The maximum absolute atomic E-state index is 6.28. The van der Waals surface area contributed by atoms with Crippen LogP contribution in [0.5, 0.6) is 0 Å². The molecule has 0 aromatic carbocycles. The molecule has 0 saturated heterocycles. The van der Waals surface area contributed by atoms with E-state index in [0.29, 0.717) is 6.04 Å². The van der Waals surface area contributed by atoms with Crippen LogP contribution < -0.4 is 5.32 Å². The third-order valence-electron chi connectivity index (χ3n) is 3.79. The van der Waals surface area contributed by atoms with E-state index >= 15 is 0 Å². The summed E-state index contributed by atoms with van der Waals surface area (Å²) in [4.78, 5) is 6.93. The van der Waals surface area contributed by atoms with Crippen molar-refractivity contribution in [1.82, 2.24) is 9.88 Å². The van der Waals surface area contributed by atoms with E-state index in [9.17, 15) is 0 Å². The molecule has 3 nitrogen and oxygen atoms in total. The lowest BCUT2D eigenvalue weighted by Crippen LogP contribution is -2.39. The molecule has 0 spiro atoms. The smallest absolute Gasteiger partial charge is 0.126 e. The van der Waals surface area contributed by atoms with Crippen LogP contribution in [0.4, 0.5) is 5.82 Å². The highest BCUT2D eigenvalue weighted by Gasteiger charge is 2.24. The lowest BCUT2D eigenvalue weighted by atomic mass is 9.87. The maximum Gasteiger partial charge on any atom is 0.126 e. The van der Waals surface area contributed by atoms with Gasteiger partial charge in [-0.05, 0) is 37.9 Å². The van der Waals surface area contributed by atoms with Crippen molar-refractivity contribution < 1.29 is 0 Å². The predicted molar refractivity (Wildman–Crippen MR) is 88.4 cm³/mol. The summed E-state index contributed by atoms with van der Waals surface area (Å²) in [7, 11) is 2.13. The van der Waals surface area contributed by atoms with Gasteiger partial charge in [-0.1, -0.05) is 39.3 Å². The molecule has 0 aliphatic heterocycles. The van der Waals surface area contributed by atoms with E-state index in [1.165, 1.54) is 0 Å². The molecule has 1 N–H and O–H groups in total. The molecule has 1 atom stereocenters. The topological polar surface area (TPSA) is 28.2 Å². The van der Waals surface area contributed by atoms with Gasteiger partial charge in [0.1, 0.15) is 5.82 Å². The zero-order valence-corrected chi connectivity index (χ0v) is 14.4. The van der Waals surface area contributed by atoms with Gasteiger partial charge in [0, 0.05) is 19.1 Å². The summed E-state index contributed by atoms with van der Waals surface area (Å²) in [5, 5.41) is 4.04. The largest absolute Gasteiger partial charge is 0.370 e. The number of hydrogen-bond acceptors (Lipinski definition) is 3. The van der Waals surface area contributed by atoms with Crippen LogP contribution >= 0.6 is 11.6 Å². The Hall–Kier alpha value is -0.800. The fourth-order valence-electron chi connectivity index (χ4n) is 1.98. The molecule has 20 heavy (non-hydrogen) atoms. The van der Waals surface area contributed by atoms with Crippen LogP contribution in [0.15, 0.2) is 12.1 Å². The average Bonchev–Trinajstić information content (AvgIpc) is 2.37. The van der Waals surface area contributed by atoms with Crippen LogP contribution in [0.3, 0.4) is 0 Å². The summed E-state index contributed by atoms with van der Waals surface area (Å²) in [5.41, 5.74) is 1.17. The van der Waals surface area contributed by atoms with Crippen molar-refractivity contribution in [2.75, 3.05) is 18.9 Å². The van der Waals surface area contributed by atoms with Gasteiger partial charge in [0.2, 0.25) is 0 Å². The Kier molecular flexibility index (Phi) is 6.28. The molecular weight excluding hydrogens is 270 g/mol. The lowest BCUT2D eigenvalue weighted by molar-refractivity contribution is 0.133. The molecule has 1 heterocycles. The molecule has 1 unspecified atom stereocenters. The van der Waals surface area contributed by atoms with E-state index in [1.807, 2.05) is 12.1 Å². The molecule has 1 rings (SSSR count). The monoisotopic (exact) mass is 297 g/mol. The van der Waals surface area contributed by atoms with Crippen LogP contribution in [-0.2, 0) is 6.54 Å². The molecule has 1 aromatic heterocycles. The molecule has 1 aromatic rings. The van der Waals surface area contributed by atoms with Crippen LogP contribution in [0, 0.1) is 5.41 Å². The summed E-state index contributed by atoms with van der Waals surface area (Å²) < 4.78 is 0. The first-order chi connectivity index (χ1) is 9.25. The number of rotatable bonds is 6. The first-order valence-electron chi connectivity index (χ1n) is 7.35. The highest BCUT2D eigenvalue weighted by molar-refractivity contribution is 6.31. The van der Waals surface area contributed by atoms with E-state index in [0.717, 1.165) is 36.0 Å². The normalized spacial score (nSPS) is 13.6. The quantitative estimate of drug-likeness (QED) is 0.842. The van der Waals surface area contributed by atoms with Gasteiger partial charge in [-0.25, -0.2) is 4.98 Å². The lowest BCUT2D eigenvalue weighted by Gasteiger charge is -2.35. The fourth-order valence-corrected chi connectivity index (χ4v) is 2.15. The van der Waals surface area contributed by atoms with Crippen molar-refractivity contribution in [2.45, 2.75) is 53.6 Å². The number of nitrogens with one attached hydrogen (secondary N) is 1. The summed E-state index contributed by atoms with van der Waals surface area (Å²) in [6.45, 7) is 12.8. The Morgan fingerprint density at radius 3 is 2.55 bits per heavy atom. The number of anilines is 1. The summed E-state index contributed by atoms with van der Waals surface area (Å²) >= 11 is 6.28. The third-order valence-corrected chi connectivity index (χ3v) is 4.13. The highest BCUT2D eigenvalue weighted by Crippen LogP contribution is 2.25. The Morgan fingerprint density at radius 1 is 1.35 bits per heavy atom. The Bertz CT molecular complexity index is 426. The van der Waals surface area contributed by atoms with E-state index < -0.39 is 0 Å². The molecule has 4 heteroatoms. The third kappa shape index (κ3) is 4.95. The molecule has 0 aliphatic rings. The number of aromatic nitrogens is 1. The molecular formula is C16H28ClN3. The predicted octanol–water partition coefficient (Wildman–Crippen LogP) is 4.42. The second-order valence-electron chi connectivity index (χ2n) is 6.51. The first-order valence-corrected chi connectivity index (χ1v) is 7.73. The molecule has 0 radical (unpaired) electrons. The Balaban J connectivity index is 2.80. The minimum Gasteiger partial charge on any atom is -0.370 e. The van der Waals surface area contributed by atoms with E-state index in [2.05, 4.69) is 56.9 Å². The minimum atomic E-state index is 0.235. The zero-order valence-electron chi connectivity index (χ0n) is 13.6. The minimum absolute atomic E-state index is 0.235. The van der Waals surface area contributed by atoms with Gasteiger partial charge >= 0.3 is 0 Å². The SMILES string of the molecule is CCCNc1ccc(Cl)c(CN(C)C(C)C(C)(C)C)n1. The van der Waals surface area contributed by atoms with E-state index in [1.54, 1.807) is 0 Å². The van der Waals surface area contributed by atoms with Crippen LogP contribution in [-0.4, -0.2) is 29.5 Å². The maximum atomic E-state index is 6.28. The van der Waals surface area contributed by atoms with Gasteiger partial charge in [0.25, 0.3) is 0 Å². The van der Waals surface area contributed by atoms with Crippen molar-refractivity contribution in [1.29, 1.82) is 0 Å². The number of nitrogens with zero attached hydrogens (tertiary/aromatic N) is 2. The van der Waals surface area contributed by atoms with Gasteiger partial charge in [-0.2, -0.15) is 0 Å². The first kappa shape index (κ1) is 17.3. The van der Waals surface area contributed by atoms with Gasteiger partial charge in [-0.15, -0.1) is 0 Å². The zero-order chi connectivity index (χ0) is 15.3. The molecule has 0 aliphatic carbocycles. The standard InChI is InChI=1S/C16H28ClN3/c1-7-10-18-15-9-8-13(17)14(19-15)11-20(6)12(2)16(3,4)5/h8-9,12H,7,10-11H2,1-6H3,(H,18,19). The van der Waals surface area contributed by atoms with Crippen LogP contribution in [0.2, 0.25) is 5.02 Å². The molecule has 0 amide bonds. The molecule has 0 bridgehead atoms. The van der Waals surface area contributed by atoms with Crippen molar-refractivity contribution in [3.63, 3.8) is 0 Å². The Morgan fingerprint density at radius 2 is 2.00 bits per heavy atom. The molecule has 114 valence electrons. The second kappa shape index (κ2) is 7.28. The van der Waals surface area contributed by atoms with E-state index in [4.69, 9.17) is 11.6 Å². The van der Waals surface area contributed by atoms with Gasteiger partial charge in [-0.3, -0.25) is 4.90 Å². The second-order valence-corrected chi connectivity index (χ2v) is 6.92. The number of halogens is 1.